The summed E-state index contributed by atoms with van der Waals surface area (Å²) in [5.74, 6) is 0. The van der Waals surface area contributed by atoms with E-state index in [4.69, 9.17) is 0 Å². The summed E-state index contributed by atoms with van der Waals surface area (Å²) in [5.41, 5.74) is 3.42. The molecule has 122 valence electrons. The van der Waals surface area contributed by atoms with E-state index in [1.54, 1.807) is 6.07 Å². The molecular formula is C18H22N2O2S. The highest BCUT2D eigenvalue weighted by Gasteiger charge is 2.17. The SMILES string of the molecule is Cc1ccc(C)c(S(=O)(=O)Nc2ccc(N3CCCC3)cc2)c1. The summed E-state index contributed by atoms with van der Waals surface area (Å²) in [6.45, 7) is 5.86. The Morgan fingerprint density at radius 1 is 0.957 bits per heavy atom. The third kappa shape index (κ3) is 3.50. The molecule has 1 N–H and O–H groups in total. The molecule has 0 aromatic heterocycles. The molecule has 0 atom stereocenters. The highest BCUT2D eigenvalue weighted by atomic mass is 32.2. The Morgan fingerprint density at radius 2 is 1.61 bits per heavy atom. The van der Waals surface area contributed by atoms with Gasteiger partial charge in [0.05, 0.1) is 4.90 Å². The normalized spacial score (nSPS) is 15.0. The molecule has 0 radical (unpaired) electrons. The number of sulfonamides is 1. The van der Waals surface area contributed by atoms with Crippen molar-refractivity contribution in [3.8, 4) is 0 Å². The predicted molar refractivity (Wildman–Crippen MR) is 94.6 cm³/mol. The van der Waals surface area contributed by atoms with Gasteiger partial charge in [-0.25, -0.2) is 8.42 Å². The summed E-state index contributed by atoms with van der Waals surface area (Å²) >= 11 is 0. The largest absolute Gasteiger partial charge is 0.372 e. The van der Waals surface area contributed by atoms with Crippen molar-refractivity contribution in [3.63, 3.8) is 0 Å². The molecule has 1 aliphatic rings. The number of nitrogens with zero attached hydrogens (tertiary/aromatic N) is 1. The average Bonchev–Trinajstić information content (AvgIpc) is 3.04. The maximum Gasteiger partial charge on any atom is 0.262 e. The molecule has 0 saturated carbocycles. The smallest absolute Gasteiger partial charge is 0.262 e. The van der Waals surface area contributed by atoms with Gasteiger partial charge in [0.1, 0.15) is 0 Å². The van der Waals surface area contributed by atoms with E-state index in [0.717, 1.165) is 29.9 Å². The molecule has 4 nitrogen and oxygen atoms in total. The van der Waals surface area contributed by atoms with Crippen molar-refractivity contribution < 1.29 is 8.42 Å². The molecule has 1 aliphatic heterocycles. The highest BCUT2D eigenvalue weighted by molar-refractivity contribution is 7.92. The van der Waals surface area contributed by atoms with Crippen LogP contribution in [0.5, 0.6) is 0 Å². The molecule has 0 spiro atoms. The molecule has 1 heterocycles. The summed E-state index contributed by atoms with van der Waals surface area (Å²) in [5, 5.41) is 0. The first-order valence-corrected chi connectivity index (χ1v) is 9.39. The van der Waals surface area contributed by atoms with Crippen molar-refractivity contribution in [2.75, 3.05) is 22.7 Å². The van der Waals surface area contributed by atoms with Gasteiger partial charge in [-0.2, -0.15) is 0 Å². The van der Waals surface area contributed by atoms with E-state index in [1.165, 1.54) is 12.8 Å². The molecule has 3 rings (SSSR count). The number of anilines is 2. The minimum absolute atomic E-state index is 0.334. The van der Waals surface area contributed by atoms with E-state index in [1.807, 2.05) is 50.2 Å². The zero-order valence-electron chi connectivity index (χ0n) is 13.5. The molecule has 1 fully saturated rings. The summed E-state index contributed by atoms with van der Waals surface area (Å²) in [6.07, 6.45) is 2.45. The fourth-order valence-electron chi connectivity index (χ4n) is 2.92. The van der Waals surface area contributed by atoms with Crippen LogP contribution in [-0.4, -0.2) is 21.5 Å². The van der Waals surface area contributed by atoms with Crippen LogP contribution >= 0.6 is 0 Å². The molecule has 5 heteroatoms. The lowest BCUT2D eigenvalue weighted by molar-refractivity contribution is 0.600. The van der Waals surface area contributed by atoms with Gasteiger partial charge in [0.25, 0.3) is 10.0 Å². The number of nitrogens with one attached hydrogen (secondary N) is 1. The average molecular weight is 330 g/mol. The Balaban J connectivity index is 1.81. The standard InChI is InChI=1S/C18H22N2O2S/c1-14-5-6-15(2)18(13-14)23(21,22)19-16-7-9-17(10-8-16)20-11-3-4-12-20/h5-10,13,19H,3-4,11-12H2,1-2H3. The summed E-state index contributed by atoms with van der Waals surface area (Å²) < 4.78 is 27.9. The van der Waals surface area contributed by atoms with E-state index in [-0.39, 0.29) is 0 Å². The van der Waals surface area contributed by atoms with E-state index in [9.17, 15) is 8.42 Å². The van der Waals surface area contributed by atoms with E-state index in [2.05, 4.69) is 9.62 Å². The lowest BCUT2D eigenvalue weighted by Crippen LogP contribution is -2.18. The molecular weight excluding hydrogens is 308 g/mol. The predicted octanol–water partition coefficient (Wildman–Crippen LogP) is 3.70. The number of hydrogen-bond donors (Lipinski definition) is 1. The van der Waals surface area contributed by atoms with Crippen LogP contribution in [-0.2, 0) is 10.0 Å². The maximum absolute atomic E-state index is 12.6. The number of aryl methyl sites for hydroxylation is 2. The number of benzene rings is 2. The third-order valence-corrected chi connectivity index (χ3v) is 5.75. The van der Waals surface area contributed by atoms with Crippen LogP contribution in [0.4, 0.5) is 11.4 Å². The minimum Gasteiger partial charge on any atom is -0.372 e. The van der Waals surface area contributed by atoms with Crippen LogP contribution in [0.2, 0.25) is 0 Å². The van der Waals surface area contributed by atoms with Gasteiger partial charge >= 0.3 is 0 Å². The van der Waals surface area contributed by atoms with Gasteiger partial charge in [-0.1, -0.05) is 12.1 Å². The Bertz CT molecular complexity index is 792. The van der Waals surface area contributed by atoms with Crippen LogP contribution in [0.25, 0.3) is 0 Å². The van der Waals surface area contributed by atoms with Crippen LogP contribution in [0.15, 0.2) is 47.4 Å². The number of hydrogen-bond acceptors (Lipinski definition) is 3. The lowest BCUT2D eigenvalue weighted by Gasteiger charge is -2.18. The first-order chi connectivity index (χ1) is 11.0. The molecule has 0 aliphatic carbocycles. The summed E-state index contributed by atoms with van der Waals surface area (Å²) in [7, 11) is -3.56. The Labute approximate surface area is 138 Å². The van der Waals surface area contributed by atoms with Gasteiger partial charge in [-0.3, -0.25) is 4.72 Å². The van der Waals surface area contributed by atoms with Gasteiger partial charge in [-0.05, 0) is 68.1 Å². The molecule has 0 bridgehead atoms. The van der Waals surface area contributed by atoms with Crippen molar-refractivity contribution in [3.05, 3.63) is 53.6 Å². The molecule has 0 amide bonds. The van der Waals surface area contributed by atoms with Gasteiger partial charge in [-0.15, -0.1) is 0 Å². The molecule has 23 heavy (non-hydrogen) atoms. The fraction of sp³-hybridized carbons (Fsp3) is 0.333. The second-order valence-corrected chi connectivity index (χ2v) is 7.77. The van der Waals surface area contributed by atoms with E-state index < -0.39 is 10.0 Å². The second kappa shape index (κ2) is 6.24. The van der Waals surface area contributed by atoms with Gasteiger partial charge in [0.15, 0.2) is 0 Å². The topological polar surface area (TPSA) is 49.4 Å². The first-order valence-electron chi connectivity index (χ1n) is 7.91. The molecule has 2 aromatic rings. The monoisotopic (exact) mass is 330 g/mol. The fourth-order valence-corrected chi connectivity index (χ4v) is 4.31. The third-order valence-electron chi connectivity index (χ3n) is 4.22. The number of rotatable bonds is 4. The maximum atomic E-state index is 12.6. The molecule has 1 saturated heterocycles. The summed E-state index contributed by atoms with van der Waals surface area (Å²) in [4.78, 5) is 2.66. The van der Waals surface area contributed by atoms with Crippen LogP contribution in [0.1, 0.15) is 24.0 Å². The first kappa shape index (κ1) is 15.9. The van der Waals surface area contributed by atoms with Crippen molar-refractivity contribution in [2.24, 2.45) is 0 Å². The minimum atomic E-state index is -3.56. The van der Waals surface area contributed by atoms with Gasteiger partial charge in [0.2, 0.25) is 0 Å². The van der Waals surface area contributed by atoms with Crippen LogP contribution in [0.3, 0.4) is 0 Å². The second-order valence-electron chi connectivity index (χ2n) is 6.12. The molecule has 0 unspecified atom stereocenters. The van der Waals surface area contributed by atoms with E-state index >= 15 is 0 Å². The van der Waals surface area contributed by atoms with Crippen molar-refractivity contribution in [1.29, 1.82) is 0 Å². The van der Waals surface area contributed by atoms with E-state index in [0.29, 0.717) is 10.6 Å². The summed E-state index contributed by atoms with van der Waals surface area (Å²) in [6, 6.07) is 13.1. The van der Waals surface area contributed by atoms with Gasteiger partial charge in [0, 0.05) is 24.5 Å². The quantitative estimate of drug-likeness (QED) is 0.930. The molecule has 2 aromatic carbocycles. The highest BCUT2D eigenvalue weighted by Crippen LogP contribution is 2.24. The van der Waals surface area contributed by atoms with Crippen molar-refractivity contribution in [2.45, 2.75) is 31.6 Å². The Kier molecular flexibility index (Phi) is 4.31. The van der Waals surface area contributed by atoms with Crippen molar-refractivity contribution in [1.82, 2.24) is 0 Å². The van der Waals surface area contributed by atoms with Crippen LogP contribution < -0.4 is 9.62 Å². The van der Waals surface area contributed by atoms with Crippen molar-refractivity contribution >= 4 is 21.4 Å². The lowest BCUT2D eigenvalue weighted by atomic mass is 10.2. The zero-order chi connectivity index (χ0) is 16.4. The Morgan fingerprint density at radius 3 is 2.26 bits per heavy atom. The Hall–Kier alpha value is -2.01. The van der Waals surface area contributed by atoms with Gasteiger partial charge < -0.3 is 4.90 Å². The van der Waals surface area contributed by atoms with Crippen LogP contribution in [0, 0.1) is 13.8 Å². The zero-order valence-corrected chi connectivity index (χ0v) is 14.4.